The van der Waals surface area contributed by atoms with Gasteiger partial charge in [0.15, 0.2) is 17.5 Å². The van der Waals surface area contributed by atoms with Gasteiger partial charge in [-0.3, -0.25) is 23.3 Å². The maximum Gasteiger partial charge on any atom is 0.237 e. The predicted octanol–water partition coefficient (Wildman–Crippen LogP) is 34.7. The number of hydrogen-bond donors (Lipinski definition) is 0. The van der Waals surface area contributed by atoms with Crippen molar-refractivity contribution in [3.05, 3.63) is 455 Å². The van der Waals surface area contributed by atoms with Crippen LogP contribution in [0.1, 0.15) is 0 Å². The van der Waals surface area contributed by atoms with Crippen molar-refractivity contribution >= 4 is 277 Å². The van der Waals surface area contributed by atoms with Crippen molar-refractivity contribution in [3.8, 4) is 57.3 Å². The molecular formula is C136H75N13. The van der Waals surface area contributed by atoms with Gasteiger partial charge in [-0.05, 0) is 176 Å². The zero-order valence-electron chi connectivity index (χ0n) is 79.6. The highest BCUT2D eigenvalue weighted by molar-refractivity contribution is 6.39. The van der Waals surface area contributed by atoms with E-state index in [1.54, 1.807) is 0 Å². The third-order valence-electron chi connectivity index (χ3n) is 32.7. The number of benzene rings is 23. The molecule has 0 fully saturated rings. The van der Waals surface area contributed by atoms with E-state index in [4.69, 9.17) is 29.9 Å². The lowest BCUT2D eigenvalue weighted by atomic mass is 10.0. The Morgan fingerprint density at radius 2 is 0.517 bits per heavy atom. The lowest BCUT2D eigenvalue weighted by Gasteiger charge is -2.15. The van der Waals surface area contributed by atoms with Crippen molar-refractivity contribution in [1.29, 1.82) is 0 Å². The molecule has 37 rings (SSSR count). The highest BCUT2D eigenvalue weighted by atomic mass is 15.2. The maximum atomic E-state index is 5.73. The van der Waals surface area contributed by atoms with Gasteiger partial charge in [0, 0.05) is 141 Å². The molecule has 13 heterocycles. The first kappa shape index (κ1) is 79.3. The van der Waals surface area contributed by atoms with Crippen LogP contribution in [0.4, 0.5) is 0 Å². The van der Waals surface area contributed by atoms with Crippen LogP contribution in [0.3, 0.4) is 0 Å². The summed E-state index contributed by atoms with van der Waals surface area (Å²) in [5, 5.41) is 39.0. The average molecular weight is 1890 g/mol. The SMILES string of the molecule is c1ccc(-c2nc(-n3c4cc5ccccc5cc4c4cc5c6ccccc6n6c7ccccc7c(c43)c56)c3ccccc3n2)cc1.c1ccc2cc3c(cc2c1)c1cc2c4ccccc4n4c5ccccc5c(c1n3-c1cnc3c(n1)-c1cccc5cccc-3c15)c24.c1ccc2cc3c(cc2c1)c1cc2c4ccccc4n4c5ccccc5c(c1n3-c1nc(-n3c5ccccc5c5c6ccccc6ccc53)nc3ccccc13)c24. The van der Waals surface area contributed by atoms with Gasteiger partial charge in [-0.15, -0.1) is 0 Å². The second kappa shape index (κ2) is 29.3. The average Bonchev–Trinajstić information content (AvgIpc) is 1.52. The van der Waals surface area contributed by atoms with Gasteiger partial charge >= 0.3 is 0 Å². The summed E-state index contributed by atoms with van der Waals surface area (Å²) in [6.07, 6.45) is 1.98. The molecule has 0 radical (unpaired) electrons. The van der Waals surface area contributed by atoms with Crippen LogP contribution >= 0.6 is 0 Å². The van der Waals surface area contributed by atoms with Gasteiger partial charge in [0.25, 0.3) is 0 Å². The molecule has 0 atom stereocenters. The fourth-order valence-electron chi connectivity index (χ4n) is 26.6. The zero-order chi connectivity index (χ0) is 96.5. The van der Waals surface area contributed by atoms with Gasteiger partial charge in [-0.2, -0.15) is 4.98 Å². The van der Waals surface area contributed by atoms with Gasteiger partial charge in [0.05, 0.1) is 122 Å². The molecule has 0 saturated heterocycles. The van der Waals surface area contributed by atoms with Crippen molar-refractivity contribution in [3.63, 3.8) is 0 Å². The first-order valence-corrected chi connectivity index (χ1v) is 51.0. The number of aromatic nitrogens is 13. The van der Waals surface area contributed by atoms with Gasteiger partial charge in [0.2, 0.25) is 5.95 Å². The molecule has 13 aromatic heterocycles. The molecule has 149 heavy (non-hydrogen) atoms. The van der Waals surface area contributed by atoms with Crippen LogP contribution in [0.2, 0.25) is 0 Å². The summed E-state index contributed by atoms with van der Waals surface area (Å²) in [7, 11) is 0. The molecule has 36 aromatic rings. The lowest BCUT2D eigenvalue weighted by Crippen LogP contribution is -2.07. The molecule has 0 saturated carbocycles. The molecule has 23 aromatic carbocycles. The van der Waals surface area contributed by atoms with Crippen molar-refractivity contribution in [1.82, 2.24) is 61.4 Å². The topological polar surface area (TPSA) is 110 Å². The second-order valence-corrected chi connectivity index (χ2v) is 40.2. The minimum atomic E-state index is 0.646. The van der Waals surface area contributed by atoms with E-state index in [2.05, 4.69) is 462 Å². The standard InChI is InChI=1S/C52H29N5.C42H22N4.C42H24N4/c1-2-15-32-28-46-38(27-31(32)14-1)40-29-39-34-17-6-10-22-42(34)55-43-23-11-8-20-37(43)48(49(39)55)50(40)57(46)51-35-18-5-9-21-41(35)53-52(54-51)56-44-24-12-7-19-36(44)47-33-16-4-3-13-30(33)25-26-45(47)56;1-2-10-25-20-35-30(19-24(25)9-1)32-21-31-26-13-3-5-17-33(26)45-34-18-6-4-14-27(34)38(41(31)45)42(32)46(35)36-22-43-39-28-15-7-11-23-12-8-16-29(37(23)28)40(39)44-36;1-2-12-25(13-3-1)41-43-34-19-9-6-17-29(34)42(44-41)46-37-23-27-15-5-4-14-26(27)22-31(37)33-24-32-28-16-7-10-20-35(28)45-36-21-11-8-18-30(36)38(39(32)45)40(33)46/h1-29H;1-22H;1-24H. The van der Waals surface area contributed by atoms with E-state index < -0.39 is 0 Å². The summed E-state index contributed by atoms with van der Waals surface area (Å²) in [5.74, 6) is 3.95. The Balaban J connectivity index is 0.0000000944. The molecular weight excluding hydrogens is 1820 g/mol. The first-order chi connectivity index (χ1) is 74.0. The van der Waals surface area contributed by atoms with E-state index in [1.807, 2.05) is 24.4 Å². The first-order valence-electron chi connectivity index (χ1n) is 51.0. The summed E-state index contributed by atoms with van der Waals surface area (Å²) in [6.45, 7) is 0. The third-order valence-corrected chi connectivity index (χ3v) is 32.7. The number of rotatable bonds is 5. The molecule has 1 aliphatic carbocycles. The fourth-order valence-corrected chi connectivity index (χ4v) is 26.6. The van der Waals surface area contributed by atoms with Gasteiger partial charge in [0.1, 0.15) is 5.82 Å². The Kier molecular flexibility index (Phi) is 15.6. The van der Waals surface area contributed by atoms with Gasteiger partial charge in [-0.25, -0.2) is 19.9 Å². The molecule has 0 spiro atoms. The van der Waals surface area contributed by atoms with Crippen LogP contribution in [-0.2, 0) is 0 Å². The smallest absolute Gasteiger partial charge is 0.237 e. The molecule has 13 nitrogen and oxygen atoms in total. The van der Waals surface area contributed by atoms with Gasteiger partial charge < -0.3 is 13.2 Å². The van der Waals surface area contributed by atoms with Gasteiger partial charge in [-0.1, -0.05) is 322 Å². The van der Waals surface area contributed by atoms with E-state index in [1.165, 1.54) is 222 Å². The maximum absolute atomic E-state index is 5.73. The normalized spacial score (nSPS) is 12.6. The summed E-state index contributed by atoms with van der Waals surface area (Å²) in [6, 6.07) is 162. The van der Waals surface area contributed by atoms with E-state index in [-0.39, 0.29) is 0 Å². The third kappa shape index (κ3) is 10.6. The summed E-state index contributed by atoms with van der Waals surface area (Å²) >= 11 is 0. The number of nitrogens with zero attached hydrogens (tertiary/aromatic N) is 13. The number of para-hydroxylation sites is 9. The second-order valence-electron chi connectivity index (χ2n) is 40.2. The Bertz CT molecular complexity index is 12400. The monoisotopic (exact) mass is 1890 g/mol. The molecule has 0 amide bonds. The van der Waals surface area contributed by atoms with Crippen LogP contribution in [0, 0.1) is 0 Å². The van der Waals surface area contributed by atoms with Crippen molar-refractivity contribution in [2.24, 2.45) is 0 Å². The molecule has 0 bridgehead atoms. The van der Waals surface area contributed by atoms with Crippen LogP contribution in [-0.4, -0.2) is 61.4 Å². The Morgan fingerprint density at radius 1 is 0.168 bits per heavy atom. The minimum absolute atomic E-state index is 0.646. The Hall–Kier alpha value is -20.3. The Labute approximate surface area is 845 Å². The van der Waals surface area contributed by atoms with E-state index in [9.17, 15) is 0 Å². The molecule has 1 aliphatic rings. The van der Waals surface area contributed by atoms with E-state index in [0.29, 0.717) is 5.95 Å². The molecule has 684 valence electrons. The zero-order valence-corrected chi connectivity index (χ0v) is 79.6. The minimum Gasteiger partial charge on any atom is -0.308 e. The van der Waals surface area contributed by atoms with Crippen molar-refractivity contribution in [2.75, 3.05) is 0 Å². The van der Waals surface area contributed by atoms with E-state index >= 15 is 0 Å². The van der Waals surface area contributed by atoms with Crippen molar-refractivity contribution < 1.29 is 0 Å². The number of fused-ring (bicyclic) bond motifs is 43. The quantitative estimate of drug-likeness (QED) is 0.170. The predicted molar refractivity (Wildman–Crippen MR) is 620 cm³/mol. The highest BCUT2D eigenvalue weighted by Gasteiger charge is 2.34. The largest absolute Gasteiger partial charge is 0.308 e. The van der Waals surface area contributed by atoms with Crippen LogP contribution in [0.15, 0.2) is 455 Å². The molecule has 0 unspecified atom stereocenters. The highest BCUT2D eigenvalue weighted by Crippen LogP contribution is 2.55. The Morgan fingerprint density at radius 3 is 0.993 bits per heavy atom. The van der Waals surface area contributed by atoms with Crippen LogP contribution in [0.5, 0.6) is 0 Å². The fraction of sp³-hybridized carbons (Fsp3) is 0. The molecule has 0 aliphatic heterocycles. The van der Waals surface area contributed by atoms with Crippen molar-refractivity contribution in [2.45, 2.75) is 0 Å². The summed E-state index contributed by atoms with van der Waals surface area (Å²) in [5.41, 5.74) is 27.2. The van der Waals surface area contributed by atoms with E-state index in [0.717, 1.165) is 106 Å². The number of hydrogen-bond acceptors (Lipinski definition) is 6. The molecule has 0 N–H and O–H groups in total. The lowest BCUT2D eigenvalue weighted by molar-refractivity contribution is 0.974. The van der Waals surface area contributed by atoms with Crippen LogP contribution in [0.25, 0.3) is 334 Å². The van der Waals surface area contributed by atoms with Crippen LogP contribution < -0.4 is 0 Å². The molecule has 13 heteroatoms. The summed E-state index contributed by atoms with van der Waals surface area (Å²) in [4.78, 5) is 32.2. The summed E-state index contributed by atoms with van der Waals surface area (Å²) < 4.78 is 16.9.